The molecule has 1 rings (SSSR count). The average Bonchev–Trinajstić information content (AvgIpc) is 2.71. The van der Waals surface area contributed by atoms with Gasteiger partial charge < -0.3 is 5.73 Å². The fourth-order valence-corrected chi connectivity index (χ4v) is 1.89. The maximum atomic E-state index is 11.9. The van der Waals surface area contributed by atoms with Crippen molar-refractivity contribution in [2.24, 2.45) is 5.73 Å². The van der Waals surface area contributed by atoms with Gasteiger partial charge in [-0.3, -0.25) is 9.48 Å². The lowest BCUT2D eigenvalue weighted by molar-refractivity contribution is -0.119. The van der Waals surface area contributed by atoms with Crippen molar-refractivity contribution >= 4 is 5.78 Å². The van der Waals surface area contributed by atoms with Crippen molar-refractivity contribution in [3.05, 3.63) is 17.5 Å². The van der Waals surface area contributed by atoms with Crippen molar-refractivity contribution in [3.63, 3.8) is 0 Å². The third-order valence-corrected chi connectivity index (χ3v) is 2.94. The lowest BCUT2D eigenvalue weighted by Crippen LogP contribution is -2.32. The molecular weight excluding hydrogens is 214 g/mol. The van der Waals surface area contributed by atoms with E-state index in [4.69, 9.17) is 5.73 Å². The highest BCUT2D eigenvalue weighted by Gasteiger charge is 2.16. The number of ketones is 1. The summed E-state index contributed by atoms with van der Waals surface area (Å²) < 4.78 is 1.90. The molecule has 96 valence electrons. The van der Waals surface area contributed by atoms with Crippen LogP contribution in [0.5, 0.6) is 0 Å². The molecule has 0 saturated carbocycles. The van der Waals surface area contributed by atoms with Gasteiger partial charge in [0.15, 0.2) is 5.78 Å². The zero-order chi connectivity index (χ0) is 12.8. The van der Waals surface area contributed by atoms with Crippen molar-refractivity contribution in [2.75, 3.05) is 0 Å². The Labute approximate surface area is 103 Å². The maximum absolute atomic E-state index is 11.9. The third-order valence-electron chi connectivity index (χ3n) is 2.94. The van der Waals surface area contributed by atoms with Crippen LogP contribution < -0.4 is 5.73 Å². The molecule has 17 heavy (non-hydrogen) atoms. The quantitative estimate of drug-likeness (QED) is 0.785. The molecule has 2 N–H and O–H groups in total. The number of hydrogen-bond acceptors (Lipinski definition) is 3. The minimum Gasteiger partial charge on any atom is -0.321 e. The van der Waals surface area contributed by atoms with Gasteiger partial charge in [-0.2, -0.15) is 5.10 Å². The summed E-state index contributed by atoms with van der Waals surface area (Å²) in [5.74, 6) is 0.115. The van der Waals surface area contributed by atoms with Crippen LogP contribution in [-0.2, 0) is 24.2 Å². The Kier molecular flexibility index (Phi) is 5.35. The predicted octanol–water partition coefficient (Wildman–Crippen LogP) is 1.70. The topological polar surface area (TPSA) is 60.9 Å². The van der Waals surface area contributed by atoms with Crippen LogP contribution in [0.2, 0.25) is 0 Å². The van der Waals surface area contributed by atoms with Crippen LogP contribution in [0.25, 0.3) is 0 Å². The predicted molar refractivity (Wildman–Crippen MR) is 68.9 cm³/mol. The highest BCUT2D eigenvalue weighted by atomic mass is 16.1. The van der Waals surface area contributed by atoms with Crippen LogP contribution in [0.3, 0.4) is 0 Å². The van der Waals surface area contributed by atoms with Crippen LogP contribution in [0.1, 0.15) is 45.0 Å². The normalized spacial score (nSPS) is 12.7. The summed E-state index contributed by atoms with van der Waals surface area (Å²) in [6.07, 6.45) is 3.01. The Hall–Kier alpha value is -1.16. The summed E-state index contributed by atoms with van der Waals surface area (Å²) in [6.45, 7) is 6.94. The zero-order valence-corrected chi connectivity index (χ0v) is 11.1. The number of rotatable bonds is 7. The van der Waals surface area contributed by atoms with Crippen LogP contribution in [0.15, 0.2) is 6.07 Å². The molecule has 0 amide bonds. The van der Waals surface area contributed by atoms with Gasteiger partial charge in [-0.25, -0.2) is 0 Å². The lowest BCUT2D eigenvalue weighted by Gasteiger charge is -2.09. The number of aryl methyl sites for hydroxylation is 2. The number of Topliss-reactive ketones (excluding diaryl/α,β-unsaturated/α-hetero) is 1. The lowest BCUT2D eigenvalue weighted by atomic mass is 10.0. The Morgan fingerprint density at radius 1 is 1.47 bits per heavy atom. The van der Waals surface area contributed by atoms with Crippen LogP contribution in [0, 0.1) is 0 Å². The molecule has 4 nitrogen and oxygen atoms in total. The first-order chi connectivity index (χ1) is 8.12. The van der Waals surface area contributed by atoms with Gasteiger partial charge in [-0.05, 0) is 25.8 Å². The van der Waals surface area contributed by atoms with E-state index in [9.17, 15) is 4.79 Å². The Morgan fingerprint density at radius 3 is 2.71 bits per heavy atom. The van der Waals surface area contributed by atoms with Crippen molar-refractivity contribution in [2.45, 2.75) is 59.0 Å². The molecule has 1 atom stereocenters. The number of carbonyl (C=O) groups excluding carboxylic acids is 1. The molecule has 0 spiro atoms. The molecule has 0 fully saturated rings. The van der Waals surface area contributed by atoms with Crippen LogP contribution >= 0.6 is 0 Å². The van der Waals surface area contributed by atoms with Gasteiger partial charge in [0, 0.05) is 12.2 Å². The van der Waals surface area contributed by atoms with E-state index in [-0.39, 0.29) is 11.8 Å². The molecule has 4 heteroatoms. The van der Waals surface area contributed by atoms with Crippen LogP contribution in [0.4, 0.5) is 0 Å². The van der Waals surface area contributed by atoms with Gasteiger partial charge >= 0.3 is 0 Å². The minimum absolute atomic E-state index is 0.115. The van der Waals surface area contributed by atoms with E-state index in [2.05, 4.69) is 12.0 Å². The Bertz CT molecular complexity index is 371. The highest BCUT2D eigenvalue weighted by molar-refractivity contribution is 5.85. The molecule has 1 aromatic heterocycles. The van der Waals surface area contributed by atoms with Gasteiger partial charge in [0.2, 0.25) is 0 Å². The molecule has 1 heterocycles. The second kappa shape index (κ2) is 6.55. The average molecular weight is 237 g/mol. The summed E-state index contributed by atoms with van der Waals surface area (Å²) in [5, 5.41) is 4.43. The van der Waals surface area contributed by atoms with Gasteiger partial charge in [-0.15, -0.1) is 0 Å². The fraction of sp³-hybridized carbons (Fsp3) is 0.692. The van der Waals surface area contributed by atoms with Crippen LogP contribution in [-0.4, -0.2) is 21.6 Å². The standard InChI is InChI=1S/C13H23N3O/c1-4-7-12(14)13(17)9-11-8-10(5-2)15-16(11)6-3/h8,12H,4-7,9,14H2,1-3H3. The number of nitrogens with two attached hydrogens (primary N) is 1. The summed E-state index contributed by atoms with van der Waals surface area (Å²) in [6, 6.07) is 1.69. The molecule has 1 unspecified atom stereocenters. The number of aromatic nitrogens is 2. The first kappa shape index (κ1) is 13.9. The minimum atomic E-state index is -0.328. The van der Waals surface area contributed by atoms with E-state index < -0.39 is 0 Å². The maximum Gasteiger partial charge on any atom is 0.155 e. The second-order valence-corrected chi connectivity index (χ2v) is 4.33. The van der Waals surface area contributed by atoms with Crippen molar-refractivity contribution < 1.29 is 4.79 Å². The molecule has 0 aliphatic rings. The van der Waals surface area contributed by atoms with E-state index in [0.29, 0.717) is 6.42 Å². The summed E-state index contributed by atoms with van der Waals surface area (Å²) in [7, 11) is 0. The summed E-state index contributed by atoms with van der Waals surface area (Å²) in [4.78, 5) is 11.9. The van der Waals surface area contributed by atoms with E-state index in [0.717, 1.165) is 37.2 Å². The molecule has 0 aliphatic heterocycles. The van der Waals surface area contributed by atoms with Crippen molar-refractivity contribution in [1.29, 1.82) is 0 Å². The second-order valence-electron chi connectivity index (χ2n) is 4.33. The first-order valence-corrected chi connectivity index (χ1v) is 6.46. The number of carbonyl (C=O) groups is 1. The molecule has 0 bridgehead atoms. The third kappa shape index (κ3) is 3.66. The number of hydrogen-bond donors (Lipinski definition) is 1. The van der Waals surface area contributed by atoms with E-state index >= 15 is 0 Å². The Balaban J connectivity index is 2.73. The van der Waals surface area contributed by atoms with E-state index in [1.54, 1.807) is 0 Å². The smallest absolute Gasteiger partial charge is 0.155 e. The molecule has 1 aromatic rings. The van der Waals surface area contributed by atoms with E-state index in [1.807, 2.05) is 24.6 Å². The van der Waals surface area contributed by atoms with E-state index in [1.165, 1.54) is 0 Å². The monoisotopic (exact) mass is 237 g/mol. The van der Waals surface area contributed by atoms with Gasteiger partial charge in [0.1, 0.15) is 0 Å². The van der Waals surface area contributed by atoms with Crippen molar-refractivity contribution in [1.82, 2.24) is 9.78 Å². The molecule has 0 radical (unpaired) electrons. The molecule has 0 saturated heterocycles. The largest absolute Gasteiger partial charge is 0.321 e. The fourth-order valence-electron chi connectivity index (χ4n) is 1.89. The van der Waals surface area contributed by atoms with Gasteiger partial charge in [0.25, 0.3) is 0 Å². The highest BCUT2D eigenvalue weighted by Crippen LogP contribution is 2.08. The molecular formula is C13H23N3O. The summed E-state index contributed by atoms with van der Waals surface area (Å²) >= 11 is 0. The first-order valence-electron chi connectivity index (χ1n) is 6.46. The molecule has 0 aliphatic carbocycles. The zero-order valence-electron chi connectivity index (χ0n) is 11.1. The van der Waals surface area contributed by atoms with Crippen molar-refractivity contribution in [3.8, 4) is 0 Å². The summed E-state index contributed by atoms with van der Waals surface area (Å²) in [5.41, 5.74) is 7.85. The van der Waals surface area contributed by atoms with Gasteiger partial charge in [-0.1, -0.05) is 20.3 Å². The number of nitrogens with zero attached hydrogens (tertiary/aromatic N) is 2. The SMILES string of the molecule is CCCC(N)C(=O)Cc1cc(CC)nn1CC. The van der Waals surface area contributed by atoms with Gasteiger partial charge in [0.05, 0.1) is 18.2 Å². The Morgan fingerprint density at radius 2 is 2.18 bits per heavy atom. The molecule has 0 aromatic carbocycles.